The largest absolute Gasteiger partial charge is 0.298 e. The third kappa shape index (κ3) is 1.31. The minimum absolute atomic E-state index is 0.150. The molecule has 0 fully saturated rings. The van der Waals surface area contributed by atoms with Gasteiger partial charge in [-0.2, -0.15) is 0 Å². The molecule has 0 bridgehead atoms. The molecule has 74 valence electrons. The van der Waals surface area contributed by atoms with Gasteiger partial charge in [0.2, 0.25) is 0 Å². The van der Waals surface area contributed by atoms with Gasteiger partial charge in [0.05, 0.1) is 5.56 Å². The van der Waals surface area contributed by atoms with Crippen molar-refractivity contribution in [1.29, 1.82) is 0 Å². The van der Waals surface area contributed by atoms with E-state index in [0.29, 0.717) is 16.7 Å². The summed E-state index contributed by atoms with van der Waals surface area (Å²) in [6.45, 7) is 2.10. The Kier molecular flexibility index (Phi) is 2.43. The summed E-state index contributed by atoms with van der Waals surface area (Å²) in [5, 5.41) is 0. The van der Waals surface area contributed by atoms with E-state index in [0.717, 1.165) is 24.0 Å². The molecule has 1 aliphatic rings. The zero-order valence-electron chi connectivity index (χ0n) is 7.81. The fourth-order valence-corrected chi connectivity index (χ4v) is 2.99. The van der Waals surface area contributed by atoms with Crippen LogP contribution in [-0.2, 0) is 6.42 Å². The highest BCUT2D eigenvalue weighted by atomic mass is 79.9. The van der Waals surface area contributed by atoms with Crippen molar-refractivity contribution in [2.24, 2.45) is 0 Å². The lowest BCUT2D eigenvalue weighted by molar-refractivity contribution is 0.111. The lowest BCUT2D eigenvalue weighted by Gasteiger charge is -2.10. The van der Waals surface area contributed by atoms with Crippen molar-refractivity contribution in [3.8, 4) is 0 Å². The Morgan fingerprint density at radius 1 is 1.64 bits per heavy atom. The van der Waals surface area contributed by atoms with Gasteiger partial charge in [0.15, 0.2) is 6.29 Å². The molecule has 1 aliphatic carbocycles. The van der Waals surface area contributed by atoms with Crippen LogP contribution in [0.2, 0.25) is 0 Å². The van der Waals surface area contributed by atoms with E-state index >= 15 is 0 Å². The number of carbonyl (C=O) groups is 1. The van der Waals surface area contributed by atoms with Crippen LogP contribution in [0.25, 0.3) is 0 Å². The summed E-state index contributed by atoms with van der Waals surface area (Å²) in [7, 11) is 0. The van der Waals surface area contributed by atoms with Gasteiger partial charge in [0.1, 0.15) is 5.82 Å². The number of carbonyl (C=O) groups excluding carboxylic acids is 1. The molecule has 1 atom stereocenters. The van der Waals surface area contributed by atoms with Gasteiger partial charge in [0.25, 0.3) is 0 Å². The van der Waals surface area contributed by atoms with Crippen LogP contribution in [0.15, 0.2) is 10.5 Å². The van der Waals surface area contributed by atoms with Crippen LogP contribution in [-0.4, -0.2) is 6.29 Å². The Bertz CT molecular complexity index is 401. The Hall–Kier alpha value is -0.700. The van der Waals surface area contributed by atoms with E-state index in [-0.39, 0.29) is 5.56 Å². The average Bonchev–Trinajstić information content (AvgIpc) is 2.48. The van der Waals surface area contributed by atoms with Crippen molar-refractivity contribution in [1.82, 2.24) is 0 Å². The van der Waals surface area contributed by atoms with Gasteiger partial charge in [-0.25, -0.2) is 4.39 Å². The van der Waals surface area contributed by atoms with Gasteiger partial charge in [-0.3, -0.25) is 4.79 Å². The van der Waals surface area contributed by atoms with E-state index in [2.05, 4.69) is 22.9 Å². The van der Waals surface area contributed by atoms with Crippen molar-refractivity contribution < 1.29 is 9.18 Å². The highest BCUT2D eigenvalue weighted by molar-refractivity contribution is 9.10. The molecule has 1 aromatic rings. The van der Waals surface area contributed by atoms with Gasteiger partial charge in [-0.15, -0.1) is 0 Å². The van der Waals surface area contributed by atoms with Crippen LogP contribution in [0, 0.1) is 5.82 Å². The predicted octanol–water partition coefficient (Wildman–Crippen LogP) is 3.45. The summed E-state index contributed by atoms with van der Waals surface area (Å²) in [5.74, 6) is -0.00148. The third-order valence-corrected chi connectivity index (χ3v) is 3.69. The third-order valence-electron chi connectivity index (χ3n) is 2.83. The molecule has 3 heteroatoms. The first-order chi connectivity index (χ1) is 6.65. The lowest BCUT2D eigenvalue weighted by Crippen LogP contribution is -1.97. The predicted molar refractivity (Wildman–Crippen MR) is 56.2 cm³/mol. The van der Waals surface area contributed by atoms with Crippen molar-refractivity contribution in [3.63, 3.8) is 0 Å². The van der Waals surface area contributed by atoms with Gasteiger partial charge in [-0.1, -0.05) is 6.92 Å². The van der Waals surface area contributed by atoms with E-state index in [9.17, 15) is 9.18 Å². The van der Waals surface area contributed by atoms with Crippen LogP contribution in [0.1, 0.15) is 40.7 Å². The molecule has 0 N–H and O–H groups in total. The SMILES string of the molecule is CC1CCc2cc(F)c(C=O)c(Br)c21. The van der Waals surface area contributed by atoms with Crippen LogP contribution in [0.3, 0.4) is 0 Å². The van der Waals surface area contributed by atoms with Crippen LogP contribution in [0.4, 0.5) is 4.39 Å². The van der Waals surface area contributed by atoms with Crippen molar-refractivity contribution >= 4 is 22.2 Å². The Morgan fingerprint density at radius 3 is 3.00 bits per heavy atom. The van der Waals surface area contributed by atoms with Crippen molar-refractivity contribution in [2.75, 3.05) is 0 Å². The fourth-order valence-electron chi connectivity index (χ4n) is 2.06. The first-order valence-electron chi connectivity index (χ1n) is 4.61. The molecule has 2 rings (SSSR count). The standard InChI is InChI=1S/C11H10BrFO/c1-6-2-3-7-4-9(13)8(5-14)11(12)10(6)7/h4-6H,2-3H2,1H3. The second-order valence-electron chi connectivity index (χ2n) is 3.72. The molecule has 0 aromatic heterocycles. The summed E-state index contributed by atoms with van der Waals surface area (Å²) in [5.41, 5.74) is 2.29. The monoisotopic (exact) mass is 256 g/mol. The van der Waals surface area contributed by atoms with Gasteiger partial charge >= 0.3 is 0 Å². The minimum Gasteiger partial charge on any atom is -0.298 e. The number of hydrogen-bond donors (Lipinski definition) is 0. The molecule has 0 heterocycles. The van der Waals surface area contributed by atoms with Crippen molar-refractivity contribution in [3.05, 3.63) is 33.0 Å². The summed E-state index contributed by atoms with van der Waals surface area (Å²) in [6, 6.07) is 1.49. The van der Waals surface area contributed by atoms with Crippen LogP contribution >= 0.6 is 15.9 Å². The molecule has 1 aromatic carbocycles. The lowest BCUT2D eigenvalue weighted by atomic mass is 10.0. The highest BCUT2D eigenvalue weighted by Gasteiger charge is 2.24. The molecule has 1 nitrogen and oxygen atoms in total. The number of rotatable bonds is 1. The van der Waals surface area contributed by atoms with E-state index in [1.165, 1.54) is 6.07 Å². The van der Waals surface area contributed by atoms with E-state index in [4.69, 9.17) is 0 Å². The Balaban J connectivity index is 2.70. The number of aryl methyl sites for hydroxylation is 1. The fraction of sp³-hybridized carbons (Fsp3) is 0.364. The molecule has 1 unspecified atom stereocenters. The highest BCUT2D eigenvalue weighted by Crippen LogP contribution is 2.39. The Morgan fingerprint density at radius 2 is 2.36 bits per heavy atom. The number of hydrogen-bond acceptors (Lipinski definition) is 1. The number of benzene rings is 1. The summed E-state index contributed by atoms with van der Waals surface area (Å²) < 4.78 is 14.0. The maximum atomic E-state index is 13.4. The average molecular weight is 257 g/mol. The van der Waals surface area contributed by atoms with Crippen LogP contribution in [0.5, 0.6) is 0 Å². The summed E-state index contributed by atoms with van der Waals surface area (Å²) in [6.07, 6.45) is 2.52. The van der Waals surface area contributed by atoms with Crippen LogP contribution < -0.4 is 0 Å². The van der Waals surface area contributed by atoms with Gasteiger partial charge in [-0.05, 0) is 51.9 Å². The molecule has 0 saturated heterocycles. The molecule has 0 saturated carbocycles. The van der Waals surface area contributed by atoms with Gasteiger partial charge in [0, 0.05) is 4.47 Å². The number of fused-ring (bicyclic) bond motifs is 1. The molecule has 0 spiro atoms. The summed E-state index contributed by atoms with van der Waals surface area (Å²) >= 11 is 3.31. The second kappa shape index (κ2) is 3.46. The first kappa shape index (κ1) is 9.84. The number of aldehydes is 1. The maximum absolute atomic E-state index is 13.4. The topological polar surface area (TPSA) is 17.1 Å². The molecule has 14 heavy (non-hydrogen) atoms. The number of halogens is 2. The second-order valence-corrected chi connectivity index (χ2v) is 4.51. The smallest absolute Gasteiger partial charge is 0.154 e. The Labute approximate surface area is 90.4 Å². The van der Waals surface area contributed by atoms with Crippen molar-refractivity contribution in [2.45, 2.75) is 25.7 Å². The molecular weight excluding hydrogens is 247 g/mol. The summed E-state index contributed by atoms with van der Waals surface area (Å²) in [4.78, 5) is 10.7. The molecular formula is C11H10BrFO. The van der Waals surface area contributed by atoms with Gasteiger partial charge < -0.3 is 0 Å². The normalized spacial score (nSPS) is 19.5. The van der Waals surface area contributed by atoms with E-state index < -0.39 is 5.82 Å². The zero-order valence-corrected chi connectivity index (χ0v) is 9.40. The quantitative estimate of drug-likeness (QED) is 0.704. The molecule has 0 amide bonds. The minimum atomic E-state index is -0.417. The maximum Gasteiger partial charge on any atom is 0.154 e. The van der Waals surface area contributed by atoms with E-state index in [1.807, 2.05) is 0 Å². The first-order valence-corrected chi connectivity index (χ1v) is 5.40. The van der Waals surface area contributed by atoms with E-state index in [1.54, 1.807) is 0 Å². The zero-order chi connectivity index (χ0) is 10.3. The molecule has 0 aliphatic heterocycles. The molecule has 0 radical (unpaired) electrons.